The van der Waals surface area contributed by atoms with Gasteiger partial charge in [-0.2, -0.15) is 0 Å². The topological polar surface area (TPSA) is 87.7 Å². The summed E-state index contributed by atoms with van der Waals surface area (Å²) in [5, 5.41) is 14.9. The smallest absolute Gasteiger partial charge is 0.227 e. The number of halogens is 1. The van der Waals surface area contributed by atoms with Crippen LogP contribution in [0, 0.1) is 5.92 Å². The predicted octanol–water partition coefficient (Wildman–Crippen LogP) is 2.95. The average molecular weight is 296 g/mol. The molecule has 1 aliphatic carbocycles. The Balaban J connectivity index is 2.13. The van der Waals surface area contributed by atoms with Crippen LogP contribution in [-0.2, 0) is 4.79 Å². The molecule has 0 saturated heterocycles. The molecule has 0 spiro atoms. The van der Waals surface area contributed by atoms with Gasteiger partial charge in [0.2, 0.25) is 5.91 Å². The van der Waals surface area contributed by atoms with Crippen molar-refractivity contribution in [2.24, 2.45) is 16.8 Å². The predicted molar refractivity (Wildman–Crippen MR) is 79.2 cm³/mol. The number of rotatable bonds is 3. The molecule has 20 heavy (non-hydrogen) atoms. The summed E-state index contributed by atoms with van der Waals surface area (Å²) in [6, 6.07) is 4.86. The molecule has 0 bridgehead atoms. The second-order valence-electron chi connectivity index (χ2n) is 5.00. The number of amides is 1. The molecule has 0 atom stereocenters. The van der Waals surface area contributed by atoms with E-state index in [4.69, 9.17) is 22.5 Å². The van der Waals surface area contributed by atoms with Gasteiger partial charge in [0.15, 0.2) is 5.84 Å². The third kappa shape index (κ3) is 3.42. The van der Waals surface area contributed by atoms with Gasteiger partial charge in [-0.15, -0.1) is 0 Å². The van der Waals surface area contributed by atoms with Crippen LogP contribution in [0.3, 0.4) is 0 Å². The van der Waals surface area contributed by atoms with Gasteiger partial charge < -0.3 is 16.3 Å². The molecule has 1 fully saturated rings. The molecule has 1 aromatic carbocycles. The highest BCUT2D eigenvalue weighted by atomic mass is 35.5. The van der Waals surface area contributed by atoms with E-state index in [-0.39, 0.29) is 17.7 Å². The first-order chi connectivity index (χ1) is 9.61. The third-order valence-electron chi connectivity index (χ3n) is 3.60. The fourth-order valence-corrected chi connectivity index (χ4v) is 2.60. The summed E-state index contributed by atoms with van der Waals surface area (Å²) in [6.07, 6.45) is 5.22. The van der Waals surface area contributed by atoms with Crippen molar-refractivity contribution < 1.29 is 10.0 Å². The van der Waals surface area contributed by atoms with Gasteiger partial charge in [-0.3, -0.25) is 4.79 Å². The summed E-state index contributed by atoms with van der Waals surface area (Å²) >= 11 is 6.07. The van der Waals surface area contributed by atoms with Crippen LogP contribution in [0.2, 0.25) is 5.02 Å². The Morgan fingerprint density at radius 3 is 2.70 bits per heavy atom. The fourth-order valence-electron chi connectivity index (χ4n) is 2.44. The Bertz CT molecular complexity index is 525. The number of nitrogens with two attached hydrogens (primary N) is 1. The second-order valence-corrected chi connectivity index (χ2v) is 5.41. The lowest BCUT2D eigenvalue weighted by molar-refractivity contribution is -0.120. The van der Waals surface area contributed by atoms with Crippen LogP contribution in [0.25, 0.3) is 0 Å². The van der Waals surface area contributed by atoms with E-state index in [0.717, 1.165) is 25.7 Å². The highest BCUT2D eigenvalue weighted by Crippen LogP contribution is 2.27. The Hall–Kier alpha value is -1.75. The van der Waals surface area contributed by atoms with Gasteiger partial charge in [-0.1, -0.05) is 36.0 Å². The maximum atomic E-state index is 12.2. The average Bonchev–Trinajstić information content (AvgIpc) is 2.49. The number of carbonyl (C=O) groups is 1. The normalized spacial score (nSPS) is 16.9. The summed E-state index contributed by atoms with van der Waals surface area (Å²) in [7, 11) is 0. The van der Waals surface area contributed by atoms with Crippen LogP contribution in [0.15, 0.2) is 23.4 Å². The third-order valence-corrected chi connectivity index (χ3v) is 3.93. The number of benzene rings is 1. The summed E-state index contributed by atoms with van der Waals surface area (Å²) in [5.74, 6) is 0.0189. The first kappa shape index (κ1) is 14.7. The van der Waals surface area contributed by atoms with Gasteiger partial charge >= 0.3 is 0 Å². The van der Waals surface area contributed by atoms with Crippen LogP contribution in [0.1, 0.15) is 37.7 Å². The van der Waals surface area contributed by atoms with Gasteiger partial charge in [0.25, 0.3) is 0 Å². The lowest BCUT2D eigenvalue weighted by atomic mass is 9.88. The minimum Gasteiger partial charge on any atom is -0.409 e. The number of anilines is 1. The molecule has 6 heteroatoms. The molecular weight excluding hydrogens is 278 g/mol. The van der Waals surface area contributed by atoms with Crippen LogP contribution in [-0.4, -0.2) is 17.0 Å². The number of hydrogen-bond acceptors (Lipinski definition) is 3. The van der Waals surface area contributed by atoms with E-state index in [2.05, 4.69) is 10.5 Å². The lowest BCUT2D eigenvalue weighted by Gasteiger charge is -2.21. The molecule has 5 nitrogen and oxygen atoms in total. The van der Waals surface area contributed by atoms with E-state index < -0.39 is 0 Å². The van der Waals surface area contributed by atoms with Gasteiger partial charge in [0, 0.05) is 11.5 Å². The molecule has 108 valence electrons. The molecular formula is C14H18ClN3O2. The Kier molecular flexibility index (Phi) is 4.84. The maximum absolute atomic E-state index is 12.2. The van der Waals surface area contributed by atoms with E-state index in [0.29, 0.717) is 16.3 Å². The summed E-state index contributed by atoms with van der Waals surface area (Å²) in [6.45, 7) is 0. The van der Waals surface area contributed by atoms with Crippen molar-refractivity contribution in [3.05, 3.63) is 28.8 Å². The molecule has 1 aliphatic rings. The largest absolute Gasteiger partial charge is 0.409 e. The van der Waals surface area contributed by atoms with Gasteiger partial charge in [-0.05, 0) is 31.0 Å². The highest BCUT2D eigenvalue weighted by molar-refractivity contribution is 6.34. The quantitative estimate of drug-likeness (QED) is 0.347. The minimum absolute atomic E-state index is 0.0109. The van der Waals surface area contributed by atoms with E-state index in [1.165, 1.54) is 6.42 Å². The molecule has 2 rings (SSSR count). The first-order valence-electron chi connectivity index (χ1n) is 6.70. The van der Waals surface area contributed by atoms with E-state index >= 15 is 0 Å². The van der Waals surface area contributed by atoms with Crippen molar-refractivity contribution in [2.45, 2.75) is 32.1 Å². The standard InChI is InChI=1S/C14H18ClN3O2/c15-11-7-6-10(13(16)18-20)8-12(11)17-14(19)9-4-2-1-3-5-9/h6-9,20H,1-5H2,(H2,16,18)(H,17,19). The monoisotopic (exact) mass is 295 g/mol. The Labute approximate surface area is 122 Å². The zero-order valence-corrected chi connectivity index (χ0v) is 11.9. The number of oxime groups is 1. The van der Waals surface area contributed by atoms with Gasteiger partial charge in [0.1, 0.15) is 0 Å². The van der Waals surface area contributed by atoms with Crippen LogP contribution in [0.5, 0.6) is 0 Å². The summed E-state index contributed by atoms with van der Waals surface area (Å²) in [5.41, 5.74) is 6.53. The lowest BCUT2D eigenvalue weighted by Crippen LogP contribution is -2.25. The van der Waals surface area contributed by atoms with Crippen LogP contribution < -0.4 is 11.1 Å². The zero-order valence-electron chi connectivity index (χ0n) is 11.1. The molecule has 0 aliphatic heterocycles. The van der Waals surface area contributed by atoms with E-state index in [9.17, 15) is 4.79 Å². The van der Waals surface area contributed by atoms with Crippen molar-refractivity contribution >= 4 is 29.0 Å². The highest BCUT2D eigenvalue weighted by Gasteiger charge is 2.21. The van der Waals surface area contributed by atoms with E-state index in [1.807, 2.05) is 0 Å². The zero-order chi connectivity index (χ0) is 14.5. The Morgan fingerprint density at radius 1 is 1.35 bits per heavy atom. The molecule has 1 amide bonds. The molecule has 4 N–H and O–H groups in total. The SMILES string of the molecule is N/C(=N/O)c1ccc(Cl)c(NC(=O)C2CCCCC2)c1. The maximum Gasteiger partial charge on any atom is 0.227 e. The Morgan fingerprint density at radius 2 is 2.05 bits per heavy atom. The summed E-state index contributed by atoms with van der Waals surface area (Å²) < 4.78 is 0. The minimum atomic E-state index is -0.0187. The van der Waals surface area contributed by atoms with E-state index in [1.54, 1.807) is 18.2 Å². The molecule has 0 radical (unpaired) electrons. The van der Waals surface area contributed by atoms with Crippen LogP contribution >= 0.6 is 11.6 Å². The van der Waals surface area contributed by atoms with Crippen molar-refractivity contribution in [3.63, 3.8) is 0 Å². The number of nitrogens with zero attached hydrogens (tertiary/aromatic N) is 1. The second kappa shape index (κ2) is 6.61. The van der Waals surface area contributed by atoms with Crippen molar-refractivity contribution in [3.8, 4) is 0 Å². The fraction of sp³-hybridized carbons (Fsp3) is 0.429. The van der Waals surface area contributed by atoms with Crippen LogP contribution in [0.4, 0.5) is 5.69 Å². The number of carbonyl (C=O) groups excluding carboxylic acids is 1. The number of hydrogen-bond donors (Lipinski definition) is 3. The first-order valence-corrected chi connectivity index (χ1v) is 7.08. The molecule has 1 aromatic rings. The van der Waals surface area contributed by atoms with Gasteiger partial charge in [-0.25, -0.2) is 0 Å². The molecule has 0 unspecified atom stereocenters. The number of nitrogens with one attached hydrogen (secondary N) is 1. The van der Waals surface area contributed by atoms with Crippen molar-refractivity contribution in [1.82, 2.24) is 0 Å². The van der Waals surface area contributed by atoms with Crippen molar-refractivity contribution in [1.29, 1.82) is 0 Å². The number of amidine groups is 1. The molecule has 1 saturated carbocycles. The van der Waals surface area contributed by atoms with Gasteiger partial charge in [0.05, 0.1) is 10.7 Å². The summed E-state index contributed by atoms with van der Waals surface area (Å²) in [4.78, 5) is 12.2. The molecule has 0 aromatic heterocycles. The molecule has 0 heterocycles. The van der Waals surface area contributed by atoms with Crippen molar-refractivity contribution in [2.75, 3.05) is 5.32 Å².